The van der Waals surface area contributed by atoms with E-state index in [2.05, 4.69) is 15.8 Å². The van der Waals surface area contributed by atoms with Crippen LogP contribution in [0.2, 0.25) is 0 Å². The van der Waals surface area contributed by atoms with Crippen molar-refractivity contribution >= 4 is 18.0 Å². The quantitative estimate of drug-likeness (QED) is 0.540. The zero-order chi connectivity index (χ0) is 20.5. The number of rotatable bonds is 8. The van der Waals surface area contributed by atoms with Crippen LogP contribution in [0.15, 0.2) is 47.6 Å². The average molecular weight is 383 g/mol. The Balaban J connectivity index is 1.83. The summed E-state index contributed by atoms with van der Waals surface area (Å²) in [6.07, 6.45) is 1.73. The zero-order valence-electron chi connectivity index (χ0n) is 16.5. The molecule has 2 N–H and O–H groups in total. The topological polar surface area (TPSA) is 89.0 Å². The fourth-order valence-corrected chi connectivity index (χ4v) is 2.47. The Bertz CT molecular complexity index is 847. The summed E-state index contributed by atoms with van der Waals surface area (Å²) in [5.74, 6) is 0.835. The van der Waals surface area contributed by atoms with Crippen LogP contribution in [0.4, 0.5) is 0 Å². The molecule has 0 saturated heterocycles. The molecule has 2 aromatic rings. The van der Waals surface area contributed by atoms with E-state index in [4.69, 9.17) is 9.47 Å². The Morgan fingerprint density at radius 2 is 1.71 bits per heavy atom. The second-order valence-electron chi connectivity index (χ2n) is 6.27. The summed E-state index contributed by atoms with van der Waals surface area (Å²) >= 11 is 0. The van der Waals surface area contributed by atoms with Crippen molar-refractivity contribution in [1.82, 2.24) is 10.7 Å². The van der Waals surface area contributed by atoms with Crippen molar-refractivity contribution in [2.24, 2.45) is 5.10 Å². The lowest BCUT2D eigenvalue weighted by molar-refractivity contribution is -0.128. The molecule has 2 amide bonds. The van der Waals surface area contributed by atoms with Crippen molar-refractivity contribution in [2.45, 2.75) is 26.3 Å². The van der Waals surface area contributed by atoms with Gasteiger partial charge in [0.25, 0.3) is 5.91 Å². The maximum atomic E-state index is 12.1. The first-order valence-electron chi connectivity index (χ1n) is 8.82. The van der Waals surface area contributed by atoms with E-state index in [1.54, 1.807) is 39.5 Å². The molecule has 1 atom stereocenters. The molecule has 0 aliphatic carbocycles. The molecule has 7 heteroatoms. The van der Waals surface area contributed by atoms with E-state index in [9.17, 15) is 9.59 Å². The van der Waals surface area contributed by atoms with Crippen molar-refractivity contribution in [1.29, 1.82) is 0 Å². The van der Waals surface area contributed by atoms with Crippen molar-refractivity contribution in [3.63, 3.8) is 0 Å². The average Bonchev–Trinajstić information content (AvgIpc) is 2.69. The number of hydrazone groups is 1. The Morgan fingerprint density at radius 3 is 2.32 bits per heavy atom. The van der Waals surface area contributed by atoms with Crippen LogP contribution < -0.4 is 20.2 Å². The van der Waals surface area contributed by atoms with E-state index in [1.807, 2.05) is 37.3 Å². The SMILES string of the molecule is COc1ccc(CC(=O)NC(C)C(=O)NN=Cc2ccc(OC)cc2C)cc1. The number of ether oxygens (including phenoxy) is 2. The number of amides is 2. The highest BCUT2D eigenvalue weighted by molar-refractivity contribution is 5.89. The lowest BCUT2D eigenvalue weighted by Crippen LogP contribution is -2.43. The van der Waals surface area contributed by atoms with Gasteiger partial charge >= 0.3 is 0 Å². The van der Waals surface area contributed by atoms with Crippen LogP contribution in [0.1, 0.15) is 23.6 Å². The Hall–Kier alpha value is -3.35. The van der Waals surface area contributed by atoms with Gasteiger partial charge in [-0.25, -0.2) is 5.43 Å². The second-order valence-corrected chi connectivity index (χ2v) is 6.27. The van der Waals surface area contributed by atoms with Gasteiger partial charge in [-0.3, -0.25) is 9.59 Å². The van der Waals surface area contributed by atoms with Crippen LogP contribution in [0, 0.1) is 6.92 Å². The van der Waals surface area contributed by atoms with Gasteiger partial charge in [0.2, 0.25) is 5.91 Å². The minimum atomic E-state index is -0.708. The van der Waals surface area contributed by atoms with Crippen molar-refractivity contribution < 1.29 is 19.1 Å². The molecule has 0 aromatic heterocycles. The smallest absolute Gasteiger partial charge is 0.262 e. The number of carbonyl (C=O) groups is 2. The number of methoxy groups -OCH3 is 2. The second kappa shape index (κ2) is 10.1. The molecule has 0 spiro atoms. The largest absolute Gasteiger partial charge is 0.497 e. The van der Waals surface area contributed by atoms with Gasteiger partial charge < -0.3 is 14.8 Å². The van der Waals surface area contributed by atoms with Gasteiger partial charge in [0.1, 0.15) is 17.5 Å². The fourth-order valence-electron chi connectivity index (χ4n) is 2.47. The van der Waals surface area contributed by atoms with Gasteiger partial charge in [-0.15, -0.1) is 0 Å². The number of benzene rings is 2. The minimum absolute atomic E-state index is 0.177. The molecule has 28 heavy (non-hydrogen) atoms. The Morgan fingerprint density at radius 1 is 1.07 bits per heavy atom. The number of nitrogens with one attached hydrogen (secondary N) is 2. The van der Waals surface area contributed by atoms with Gasteiger partial charge in [-0.1, -0.05) is 12.1 Å². The van der Waals surface area contributed by atoms with Crippen molar-refractivity contribution in [3.05, 3.63) is 59.2 Å². The van der Waals surface area contributed by atoms with Crippen LogP contribution in [0.5, 0.6) is 11.5 Å². The third-order valence-corrected chi connectivity index (χ3v) is 4.15. The third kappa shape index (κ3) is 6.12. The number of carbonyl (C=O) groups excluding carboxylic acids is 2. The summed E-state index contributed by atoms with van der Waals surface area (Å²) in [4.78, 5) is 24.2. The van der Waals surface area contributed by atoms with E-state index in [1.165, 1.54) is 0 Å². The van der Waals surface area contributed by atoms with Crippen molar-refractivity contribution in [3.8, 4) is 11.5 Å². The van der Waals surface area contributed by atoms with Gasteiger partial charge in [-0.2, -0.15) is 5.10 Å². The number of hydrogen-bond acceptors (Lipinski definition) is 5. The maximum Gasteiger partial charge on any atom is 0.262 e. The molecule has 0 aliphatic heterocycles. The lowest BCUT2D eigenvalue weighted by Gasteiger charge is -2.12. The maximum absolute atomic E-state index is 12.1. The molecule has 148 valence electrons. The number of aryl methyl sites for hydroxylation is 1. The predicted molar refractivity (Wildman–Crippen MR) is 108 cm³/mol. The van der Waals surface area contributed by atoms with Gasteiger partial charge in [0.15, 0.2) is 0 Å². The highest BCUT2D eigenvalue weighted by atomic mass is 16.5. The number of hydrogen-bond donors (Lipinski definition) is 2. The predicted octanol–water partition coefficient (Wildman–Crippen LogP) is 2.21. The first-order chi connectivity index (χ1) is 13.4. The zero-order valence-corrected chi connectivity index (χ0v) is 16.5. The summed E-state index contributed by atoms with van der Waals surface area (Å²) in [6.45, 7) is 3.53. The van der Waals surface area contributed by atoms with Crippen LogP contribution in [0.3, 0.4) is 0 Å². The summed E-state index contributed by atoms with van der Waals surface area (Å²) in [5, 5.41) is 6.62. The minimum Gasteiger partial charge on any atom is -0.497 e. The molecular weight excluding hydrogens is 358 g/mol. The van der Waals surface area contributed by atoms with E-state index in [0.29, 0.717) is 0 Å². The fraction of sp³-hybridized carbons (Fsp3) is 0.286. The third-order valence-electron chi connectivity index (χ3n) is 4.15. The van der Waals surface area contributed by atoms with Gasteiger partial charge in [0, 0.05) is 0 Å². The summed E-state index contributed by atoms with van der Waals surface area (Å²) in [6, 6.07) is 12.0. The molecule has 7 nitrogen and oxygen atoms in total. The van der Waals surface area contributed by atoms with E-state index in [-0.39, 0.29) is 12.3 Å². The Labute approximate surface area is 164 Å². The van der Waals surface area contributed by atoms with Crippen LogP contribution >= 0.6 is 0 Å². The van der Waals surface area contributed by atoms with Gasteiger partial charge in [0.05, 0.1) is 26.9 Å². The van der Waals surface area contributed by atoms with Gasteiger partial charge in [-0.05, 0) is 60.9 Å². The molecule has 2 rings (SSSR count). The van der Waals surface area contributed by atoms with E-state index >= 15 is 0 Å². The highest BCUT2D eigenvalue weighted by Crippen LogP contribution is 2.15. The van der Waals surface area contributed by atoms with Crippen molar-refractivity contribution in [2.75, 3.05) is 14.2 Å². The van der Waals surface area contributed by atoms with Crippen LogP contribution in [0.25, 0.3) is 0 Å². The standard InChI is InChI=1S/C21H25N3O4/c1-14-11-19(28-4)10-7-17(14)13-22-24-21(26)15(2)23-20(25)12-16-5-8-18(27-3)9-6-16/h5-11,13,15H,12H2,1-4H3,(H,23,25)(H,24,26). The Kier molecular flexibility index (Phi) is 7.56. The monoisotopic (exact) mass is 383 g/mol. The molecule has 0 radical (unpaired) electrons. The lowest BCUT2D eigenvalue weighted by atomic mass is 10.1. The molecule has 0 fully saturated rings. The normalized spacial score (nSPS) is 11.7. The van der Waals surface area contributed by atoms with Crippen LogP contribution in [-0.4, -0.2) is 38.3 Å². The van der Waals surface area contributed by atoms with E-state index in [0.717, 1.165) is 28.2 Å². The molecule has 0 bridgehead atoms. The summed E-state index contributed by atoms with van der Waals surface area (Å²) in [7, 11) is 3.19. The summed E-state index contributed by atoms with van der Waals surface area (Å²) < 4.78 is 10.2. The first kappa shape index (κ1) is 21.0. The summed E-state index contributed by atoms with van der Waals surface area (Å²) in [5.41, 5.74) is 5.10. The molecule has 1 unspecified atom stereocenters. The molecule has 0 aliphatic rings. The molecule has 0 heterocycles. The molecular formula is C21H25N3O4. The first-order valence-corrected chi connectivity index (χ1v) is 8.82. The number of nitrogens with zero attached hydrogens (tertiary/aromatic N) is 1. The van der Waals surface area contributed by atoms with E-state index < -0.39 is 11.9 Å². The highest BCUT2D eigenvalue weighted by Gasteiger charge is 2.15. The van der Waals surface area contributed by atoms with Crippen LogP contribution in [-0.2, 0) is 16.0 Å². The molecule has 0 saturated carbocycles. The molecule has 2 aromatic carbocycles.